The topological polar surface area (TPSA) is 101 Å². The third-order valence-electron chi connectivity index (χ3n) is 5.18. The number of pyridine rings is 1. The standard InChI is InChI=1S/C19H19ClF2N4O4S/c1-31(28,29)25-18-13(21)9-26-14(18)5-10-3-2-4-15(17(10)22)30-16-6-11(7-24-19(26)27)23-8-12(16)20/h2-4,6,8,13-14,18,25H,5,7,9H2,1H3,(H,24,27)/t13-,14-,18-/m0/s1. The van der Waals surface area contributed by atoms with Crippen molar-refractivity contribution in [2.75, 3.05) is 12.8 Å². The molecule has 0 aliphatic carbocycles. The fourth-order valence-corrected chi connectivity index (χ4v) is 4.72. The normalized spacial score (nSPS) is 23.7. The molecule has 2 aliphatic rings. The van der Waals surface area contributed by atoms with Gasteiger partial charge in [0.1, 0.15) is 16.9 Å². The van der Waals surface area contributed by atoms with Crippen LogP contribution >= 0.6 is 11.6 Å². The monoisotopic (exact) mass is 472 g/mol. The molecule has 0 saturated carbocycles. The van der Waals surface area contributed by atoms with E-state index in [4.69, 9.17) is 16.3 Å². The van der Waals surface area contributed by atoms with Gasteiger partial charge in [0.15, 0.2) is 11.6 Å². The maximum absolute atomic E-state index is 15.2. The molecule has 3 heterocycles. The highest BCUT2D eigenvalue weighted by Crippen LogP contribution is 2.34. The van der Waals surface area contributed by atoms with E-state index in [2.05, 4.69) is 15.0 Å². The lowest BCUT2D eigenvalue weighted by atomic mass is 9.99. The highest BCUT2D eigenvalue weighted by molar-refractivity contribution is 7.88. The molecule has 2 aromatic rings. The van der Waals surface area contributed by atoms with Crippen molar-refractivity contribution in [3.05, 3.63) is 52.6 Å². The fraction of sp³-hybridized carbons (Fsp3) is 0.368. The lowest BCUT2D eigenvalue weighted by Crippen LogP contribution is -2.51. The van der Waals surface area contributed by atoms with Gasteiger partial charge in [-0.05, 0) is 18.1 Å². The summed E-state index contributed by atoms with van der Waals surface area (Å²) in [7, 11) is -3.78. The first-order valence-corrected chi connectivity index (χ1v) is 11.6. The van der Waals surface area contributed by atoms with Crippen LogP contribution < -0.4 is 14.8 Å². The minimum absolute atomic E-state index is 0.0171. The summed E-state index contributed by atoms with van der Waals surface area (Å²) >= 11 is 6.11. The van der Waals surface area contributed by atoms with Crippen LogP contribution in [0.4, 0.5) is 13.6 Å². The van der Waals surface area contributed by atoms with Crippen LogP contribution in [0.15, 0.2) is 30.5 Å². The number of fused-ring (bicyclic) bond motifs is 5. The van der Waals surface area contributed by atoms with E-state index in [1.807, 2.05) is 0 Å². The Bertz CT molecular complexity index is 1130. The first-order valence-electron chi connectivity index (χ1n) is 9.38. The van der Waals surface area contributed by atoms with Crippen molar-refractivity contribution in [1.82, 2.24) is 19.9 Å². The number of carbonyl (C=O) groups is 1. The van der Waals surface area contributed by atoms with E-state index in [-0.39, 0.29) is 41.6 Å². The molecule has 166 valence electrons. The highest BCUT2D eigenvalue weighted by Gasteiger charge is 2.46. The minimum Gasteiger partial charge on any atom is -0.453 e. The summed E-state index contributed by atoms with van der Waals surface area (Å²) in [4.78, 5) is 18.1. The predicted octanol–water partition coefficient (Wildman–Crippen LogP) is 2.37. The van der Waals surface area contributed by atoms with Crippen molar-refractivity contribution >= 4 is 27.7 Å². The van der Waals surface area contributed by atoms with E-state index in [0.717, 1.165) is 6.26 Å². The molecule has 0 unspecified atom stereocenters. The van der Waals surface area contributed by atoms with Crippen LogP contribution in [0.1, 0.15) is 11.3 Å². The summed E-state index contributed by atoms with van der Waals surface area (Å²) in [6.07, 6.45) is 0.427. The van der Waals surface area contributed by atoms with E-state index in [1.165, 1.54) is 29.3 Å². The molecule has 1 aromatic heterocycles. The molecule has 2 aliphatic heterocycles. The van der Waals surface area contributed by atoms with Gasteiger partial charge in [0.05, 0.1) is 37.1 Å². The maximum atomic E-state index is 15.2. The van der Waals surface area contributed by atoms with Crippen LogP contribution in [0.2, 0.25) is 5.02 Å². The summed E-state index contributed by atoms with van der Waals surface area (Å²) in [5, 5.41) is 2.80. The Balaban J connectivity index is 1.79. The Morgan fingerprint density at radius 1 is 1.35 bits per heavy atom. The molecule has 2 N–H and O–H groups in total. The van der Waals surface area contributed by atoms with Crippen molar-refractivity contribution in [1.29, 1.82) is 0 Å². The van der Waals surface area contributed by atoms with Crippen molar-refractivity contribution in [3.63, 3.8) is 0 Å². The number of ether oxygens (including phenoxy) is 1. The van der Waals surface area contributed by atoms with E-state index in [9.17, 15) is 17.6 Å². The van der Waals surface area contributed by atoms with Crippen LogP contribution in [0.5, 0.6) is 11.5 Å². The van der Waals surface area contributed by atoms with Crippen molar-refractivity contribution in [2.45, 2.75) is 31.2 Å². The van der Waals surface area contributed by atoms with Gasteiger partial charge in [-0.3, -0.25) is 4.98 Å². The average molecular weight is 473 g/mol. The Hall–Kier alpha value is -2.50. The van der Waals surface area contributed by atoms with Gasteiger partial charge in [0.2, 0.25) is 10.0 Å². The Kier molecular flexibility index (Phi) is 5.75. The van der Waals surface area contributed by atoms with Crippen LogP contribution in [0.3, 0.4) is 0 Å². The van der Waals surface area contributed by atoms with Crippen LogP contribution in [0.25, 0.3) is 0 Å². The van der Waals surface area contributed by atoms with Gasteiger partial charge in [-0.1, -0.05) is 23.7 Å². The first-order chi connectivity index (χ1) is 14.6. The van der Waals surface area contributed by atoms with Gasteiger partial charge in [0.25, 0.3) is 0 Å². The molecule has 4 bridgehead atoms. The molecular formula is C19H19ClF2N4O4S. The number of hydrogen-bond donors (Lipinski definition) is 2. The number of rotatable bonds is 2. The third-order valence-corrected chi connectivity index (χ3v) is 6.16. The molecule has 1 fully saturated rings. The number of alkyl halides is 1. The largest absolute Gasteiger partial charge is 0.453 e. The highest BCUT2D eigenvalue weighted by atomic mass is 35.5. The molecule has 0 radical (unpaired) electrons. The summed E-state index contributed by atoms with van der Waals surface area (Å²) in [5.41, 5.74) is 0.529. The molecule has 12 heteroatoms. The summed E-state index contributed by atoms with van der Waals surface area (Å²) in [5.74, 6) is -0.654. The van der Waals surface area contributed by atoms with Crippen molar-refractivity contribution < 1.29 is 26.7 Å². The summed E-state index contributed by atoms with van der Waals surface area (Å²) < 4.78 is 61.4. The molecule has 1 aromatic carbocycles. The number of benzene rings is 1. The zero-order valence-corrected chi connectivity index (χ0v) is 17.9. The second-order valence-corrected chi connectivity index (χ2v) is 9.64. The number of nitrogens with zero attached hydrogens (tertiary/aromatic N) is 2. The van der Waals surface area contributed by atoms with Gasteiger partial charge in [-0.25, -0.2) is 26.7 Å². The van der Waals surface area contributed by atoms with E-state index in [1.54, 1.807) is 6.07 Å². The van der Waals surface area contributed by atoms with Gasteiger partial charge in [-0.2, -0.15) is 0 Å². The molecule has 1 saturated heterocycles. The van der Waals surface area contributed by atoms with Crippen molar-refractivity contribution in [2.24, 2.45) is 0 Å². The molecule has 4 rings (SSSR count). The van der Waals surface area contributed by atoms with Gasteiger partial charge < -0.3 is 15.0 Å². The molecular weight excluding hydrogens is 454 g/mol. The second-order valence-electron chi connectivity index (χ2n) is 7.45. The zero-order chi connectivity index (χ0) is 22.3. The maximum Gasteiger partial charge on any atom is 0.318 e. The fourth-order valence-electron chi connectivity index (χ4n) is 3.78. The number of aromatic nitrogens is 1. The summed E-state index contributed by atoms with van der Waals surface area (Å²) in [6, 6.07) is 3.09. The third kappa shape index (κ3) is 4.58. The van der Waals surface area contributed by atoms with Crippen molar-refractivity contribution in [3.8, 4) is 11.5 Å². The predicted molar refractivity (Wildman–Crippen MR) is 109 cm³/mol. The molecule has 0 spiro atoms. The molecule has 3 atom stereocenters. The number of hydrogen-bond acceptors (Lipinski definition) is 5. The Morgan fingerprint density at radius 2 is 2.13 bits per heavy atom. The lowest BCUT2D eigenvalue weighted by Gasteiger charge is -2.28. The Labute approximate surface area is 182 Å². The first kappa shape index (κ1) is 21.7. The number of halogens is 3. The molecule has 31 heavy (non-hydrogen) atoms. The zero-order valence-electron chi connectivity index (χ0n) is 16.3. The van der Waals surface area contributed by atoms with E-state index < -0.39 is 40.1 Å². The van der Waals surface area contributed by atoms with Gasteiger partial charge in [-0.15, -0.1) is 0 Å². The average Bonchev–Trinajstić information content (AvgIpc) is 2.99. The second kappa shape index (κ2) is 8.21. The van der Waals surface area contributed by atoms with Gasteiger partial charge >= 0.3 is 6.03 Å². The molecule has 8 nitrogen and oxygen atoms in total. The number of sulfonamides is 1. The minimum atomic E-state index is -3.78. The number of amides is 2. The van der Waals surface area contributed by atoms with Gasteiger partial charge in [0, 0.05) is 12.3 Å². The van der Waals surface area contributed by atoms with Crippen LogP contribution in [-0.2, 0) is 23.0 Å². The van der Waals surface area contributed by atoms with E-state index >= 15 is 4.39 Å². The van der Waals surface area contributed by atoms with Crippen LogP contribution in [0, 0.1) is 5.82 Å². The number of urea groups is 1. The molecule has 2 amide bonds. The number of nitrogens with one attached hydrogen (secondary N) is 2. The smallest absolute Gasteiger partial charge is 0.318 e. The van der Waals surface area contributed by atoms with Crippen LogP contribution in [-0.4, -0.2) is 55.4 Å². The SMILES string of the molecule is CS(=O)(=O)N[C@H]1[C@@H](F)CN2C(=O)NCc3cc(c(Cl)cn3)Oc3cccc(c3F)C[C@@H]12. The quantitative estimate of drug-likeness (QED) is 0.699. The number of carbonyl (C=O) groups excluding carboxylic acids is 1. The van der Waals surface area contributed by atoms with E-state index in [0.29, 0.717) is 5.69 Å². The Morgan fingerprint density at radius 3 is 2.87 bits per heavy atom. The lowest BCUT2D eigenvalue weighted by molar-refractivity contribution is 0.187. The summed E-state index contributed by atoms with van der Waals surface area (Å²) in [6.45, 7) is -0.364.